The van der Waals surface area contributed by atoms with Crippen molar-refractivity contribution in [2.24, 2.45) is 0 Å². The summed E-state index contributed by atoms with van der Waals surface area (Å²) in [4.78, 5) is 36.3. The predicted molar refractivity (Wildman–Crippen MR) is 100 cm³/mol. The second kappa shape index (κ2) is 9.71. The molecule has 0 aliphatic heterocycles. The maximum absolute atomic E-state index is 12.3. The summed E-state index contributed by atoms with van der Waals surface area (Å²) in [5, 5.41) is 2.89. The average Bonchev–Trinajstić information content (AvgIpc) is 3.12. The highest BCUT2D eigenvalue weighted by Crippen LogP contribution is 2.24. The molecule has 1 amide bonds. The number of amides is 1. The molecule has 6 nitrogen and oxygen atoms in total. The Balaban J connectivity index is 1.81. The van der Waals surface area contributed by atoms with Gasteiger partial charge in [-0.15, -0.1) is 0 Å². The third kappa shape index (κ3) is 5.83. The lowest BCUT2D eigenvalue weighted by molar-refractivity contribution is -0.155. The van der Waals surface area contributed by atoms with Crippen LogP contribution in [0.5, 0.6) is 5.75 Å². The van der Waals surface area contributed by atoms with E-state index < -0.39 is 12.1 Å². The first kappa shape index (κ1) is 20.4. The Kier molecular flexibility index (Phi) is 7.63. The van der Waals surface area contributed by atoms with Crippen LogP contribution in [0.2, 0.25) is 0 Å². The van der Waals surface area contributed by atoms with E-state index in [-0.39, 0.29) is 30.6 Å². The van der Waals surface area contributed by atoms with Crippen molar-refractivity contribution in [2.45, 2.75) is 57.6 Å². The van der Waals surface area contributed by atoms with E-state index in [0.29, 0.717) is 11.3 Å². The Morgan fingerprint density at radius 3 is 2.58 bits per heavy atom. The second-order valence-electron chi connectivity index (χ2n) is 6.39. The summed E-state index contributed by atoms with van der Waals surface area (Å²) in [5.74, 6) is -0.620. The first-order valence-electron chi connectivity index (χ1n) is 8.77. The molecule has 2 rings (SSSR count). The predicted octanol–water partition coefficient (Wildman–Crippen LogP) is 3.41. The summed E-state index contributed by atoms with van der Waals surface area (Å²) in [6, 6.07) is 5.29. The van der Waals surface area contributed by atoms with Gasteiger partial charge < -0.3 is 14.8 Å². The number of esters is 1. The van der Waals surface area contributed by atoms with E-state index in [1.54, 1.807) is 25.1 Å². The lowest BCUT2D eigenvalue weighted by Gasteiger charge is -2.17. The van der Waals surface area contributed by atoms with Gasteiger partial charge in [0.05, 0.1) is 19.1 Å². The lowest BCUT2D eigenvalue weighted by Crippen LogP contribution is -2.40. The molecular formula is C19H24BrNO5. The highest BCUT2D eigenvalue weighted by Gasteiger charge is 2.23. The maximum atomic E-state index is 12.3. The molecule has 0 spiro atoms. The molecule has 1 unspecified atom stereocenters. The highest BCUT2D eigenvalue weighted by molar-refractivity contribution is 9.10. The largest absolute Gasteiger partial charge is 0.496 e. The Bertz CT molecular complexity index is 670. The van der Waals surface area contributed by atoms with Crippen LogP contribution >= 0.6 is 15.9 Å². The van der Waals surface area contributed by atoms with E-state index in [4.69, 9.17) is 9.47 Å². The third-order valence-electron chi connectivity index (χ3n) is 4.40. The molecule has 1 atom stereocenters. The smallest absolute Gasteiger partial charge is 0.307 e. The van der Waals surface area contributed by atoms with Crippen LogP contribution in [0.3, 0.4) is 0 Å². The summed E-state index contributed by atoms with van der Waals surface area (Å²) in [7, 11) is 1.49. The minimum Gasteiger partial charge on any atom is -0.496 e. The molecule has 1 aromatic carbocycles. The zero-order valence-electron chi connectivity index (χ0n) is 15.0. The Morgan fingerprint density at radius 2 is 1.92 bits per heavy atom. The summed E-state index contributed by atoms with van der Waals surface area (Å²) >= 11 is 3.31. The second-order valence-corrected chi connectivity index (χ2v) is 7.31. The minimum atomic E-state index is -0.862. The number of rotatable bonds is 8. The molecule has 0 saturated heterocycles. The molecule has 1 aliphatic carbocycles. The van der Waals surface area contributed by atoms with E-state index in [2.05, 4.69) is 21.2 Å². The number of Topliss-reactive ketones (excluding diaryl/α,β-unsaturated/α-hetero) is 1. The van der Waals surface area contributed by atoms with Crippen molar-refractivity contribution in [1.82, 2.24) is 5.32 Å². The molecule has 1 saturated carbocycles. The summed E-state index contributed by atoms with van der Waals surface area (Å²) in [6.45, 7) is 1.54. The van der Waals surface area contributed by atoms with Crippen LogP contribution in [0.1, 0.15) is 55.8 Å². The number of methoxy groups -OCH3 is 1. The average molecular weight is 426 g/mol. The van der Waals surface area contributed by atoms with Crippen molar-refractivity contribution in [1.29, 1.82) is 0 Å². The SMILES string of the molecule is COc1ccc(Br)cc1C(=O)CCC(=O)OC(C)C(=O)NC1CCCC1. The van der Waals surface area contributed by atoms with Crippen LogP contribution in [-0.4, -0.2) is 36.9 Å². The van der Waals surface area contributed by atoms with Gasteiger partial charge in [-0.3, -0.25) is 14.4 Å². The van der Waals surface area contributed by atoms with E-state index in [9.17, 15) is 14.4 Å². The fourth-order valence-corrected chi connectivity index (χ4v) is 3.31. The molecule has 0 aromatic heterocycles. The topological polar surface area (TPSA) is 81.7 Å². The Morgan fingerprint density at radius 1 is 1.23 bits per heavy atom. The molecular weight excluding hydrogens is 402 g/mol. The van der Waals surface area contributed by atoms with Crippen LogP contribution in [0.15, 0.2) is 22.7 Å². The van der Waals surface area contributed by atoms with E-state index in [0.717, 1.165) is 30.2 Å². The monoisotopic (exact) mass is 425 g/mol. The number of ether oxygens (including phenoxy) is 2. The molecule has 26 heavy (non-hydrogen) atoms. The van der Waals surface area contributed by atoms with Crippen molar-refractivity contribution >= 4 is 33.6 Å². The van der Waals surface area contributed by atoms with E-state index in [1.807, 2.05) is 0 Å². The molecule has 0 radical (unpaired) electrons. The van der Waals surface area contributed by atoms with Gasteiger partial charge in [0.15, 0.2) is 11.9 Å². The van der Waals surface area contributed by atoms with Crippen LogP contribution in [0, 0.1) is 0 Å². The molecule has 1 aromatic rings. The standard InChI is InChI=1S/C19H24BrNO5/c1-12(19(24)21-14-5-3-4-6-14)26-18(23)10-8-16(22)15-11-13(20)7-9-17(15)25-2/h7,9,11-12,14H,3-6,8,10H2,1-2H3,(H,21,24). The summed E-state index contributed by atoms with van der Waals surface area (Å²) < 4.78 is 11.1. The van der Waals surface area contributed by atoms with E-state index >= 15 is 0 Å². The quantitative estimate of drug-likeness (QED) is 0.509. The number of ketones is 1. The first-order chi connectivity index (χ1) is 12.4. The Labute approximate surface area is 161 Å². The van der Waals surface area contributed by atoms with Gasteiger partial charge in [-0.25, -0.2) is 0 Å². The Hall–Kier alpha value is -1.89. The summed E-state index contributed by atoms with van der Waals surface area (Å²) in [5.41, 5.74) is 0.404. The molecule has 1 aliphatic rings. The number of halogens is 1. The zero-order valence-corrected chi connectivity index (χ0v) is 16.6. The number of carbonyl (C=O) groups excluding carboxylic acids is 3. The van der Waals surface area contributed by atoms with Crippen molar-refractivity contribution in [3.63, 3.8) is 0 Å². The lowest BCUT2D eigenvalue weighted by atomic mass is 10.1. The van der Waals surface area contributed by atoms with Crippen LogP contribution < -0.4 is 10.1 Å². The first-order valence-corrected chi connectivity index (χ1v) is 9.56. The number of benzene rings is 1. The van der Waals surface area contributed by atoms with Crippen molar-refractivity contribution in [3.8, 4) is 5.75 Å². The van der Waals surface area contributed by atoms with Crippen molar-refractivity contribution in [2.75, 3.05) is 7.11 Å². The van der Waals surface area contributed by atoms with Crippen LogP contribution in [-0.2, 0) is 14.3 Å². The van der Waals surface area contributed by atoms with E-state index in [1.165, 1.54) is 7.11 Å². The molecule has 1 N–H and O–H groups in total. The molecule has 0 bridgehead atoms. The summed E-state index contributed by atoms with van der Waals surface area (Å²) in [6.07, 6.45) is 3.20. The van der Waals surface area contributed by atoms with Gasteiger partial charge in [-0.1, -0.05) is 28.8 Å². The number of carbonyl (C=O) groups is 3. The fourth-order valence-electron chi connectivity index (χ4n) is 2.95. The number of hydrogen-bond acceptors (Lipinski definition) is 5. The van der Waals surface area contributed by atoms with Gasteiger partial charge in [0.2, 0.25) is 0 Å². The van der Waals surface area contributed by atoms with Crippen molar-refractivity contribution < 1.29 is 23.9 Å². The van der Waals surface area contributed by atoms with Crippen LogP contribution in [0.4, 0.5) is 0 Å². The van der Waals surface area contributed by atoms with Gasteiger partial charge >= 0.3 is 5.97 Å². The molecule has 0 heterocycles. The molecule has 1 fully saturated rings. The highest BCUT2D eigenvalue weighted by atomic mass is 79.9. The zero-order chi connectivity index (χ0) is 19.1. The van der Waals surface area contributed by atoms with Gasteiger partial charge in [0.25, 0.3) is 5.91 Å². The molecule has 7 heteroatoms. The van der Waals surface area contributed by atoms with Gasteiger partial charge in [0, 0.05) is 16.9 Å². The number of nitrogens with one attached hydrogen (secondary N) is 1. The minimum absolute atomic E-state index is 0.0113. The third-order valence-corrected chi connectivity index (χ3v) is 4.89. The number of hydrogen-bond donors (Lipinski definition) is 1. The van der Waals surface area contributed by atoms with Gasteiger partial charge in [0.1, 0.15) is 5.75 Å². The van der Waals surface area contributed by atoms with Gasteiger partial charge in [-0.2, -0.15) is 0 Å². The normalized spacial score (nSPS) is 15.3. The fraction of sp³-hybridized carbons (Fsp3) is 0.526. The molecule has 142 valence electrons. The van der Waals surface area contributed by atoms with Gasteiger partial charge in [-0.05, 0) is 38.0 Å². The van der Waals surface area contributed by atoms with Crippen molar-refractivity contribution in [3.05, 3.63) is 28.2 Å². The van der Waals surface area contributed by atoms with Crippen LogP contribution in [0.25, 0.3) is 0 Å². The maximum Gasteiger partial charge on any atom is 0.307 e.